The highest BCUT2D eigenvalue weighted by molar-refractivity contribution is 5.92. The second-order valence-electron chi connectivity index (χ2n) is 12.8. The second-order valence-corrected chi connectivity index (χ2v) is 12.8. The summed E-state index contributed by atoms with van der Waals surface area (Å²) in [6.07, 6.45) is 0.807. The average Bonchev–Trinajstić information content (AvgIpc) is 3.11. The van der Waals surface area contributed by atoms with Gasteiger partial charge >= 0.3 is 11.8 Å². The van der Waals surface area contributed by atoms with Gasteiger partial charge in [0.15, 0.2) is 0 Å². The van der Waals surface area contributed by atoms with Crippen LogP contribution in [0, 0.1) is 17.0 Å². The van der Waals surface area contributed by atoms with Crippen molar-refractivity contribution in [3.63, 3.8) is 0 Å². The molecule has 264 valence electrons. The number of nitro groups is 1. The van der Waals surface area contributed by atoms with Crippen molar-refractivity contribution in [2.75, 3.05) is 36.4 Å². The van der Waals surface area contributed by atoms with Crippen molar-refractivity contribution in [3.8, 4) is 22.6 Å². The van der Waals surface area contributed by atoms with E-state index >= 15 is 0 Å². The Morgan fingerprint density at radius 1 is 0.863 bits per heavy atom. The first-order valence-electron chi connectivity index (χ1n) is 16.3. The summed E-state index contributed by atoms with van der Waals surface area (Å²) in [5.41, 5.74) is 4.29. The van der Waals surface area contributed by atoms with Gasteiger partial charge in [-0.2, -0.15) is 0 Å². The van der Waals surface area contributed by atoms with Gasteiger partial charge in [0, 0.05) is 37.0 Å². The summed E-state index contributed by atoms with van der Waals surface area (Å²) >= 11 is 0. The largest absolute Gasteiger partial charge is 0.496 e. The van der Waals surface area contributed by atoms with Crippen molar-refractivity contribution in [3.05, 3.63) is 124 Å². The SMILES string of the molecule is COc1ccc(Nc2ncnc(N(Cc3ccccc3)Cc3ccccc3)c2[N+](=O)[O-])cc1-c1ccc(N(C)C(=O)OC(C)(C)C)c(OC)c1C. The molecule has 0 saturated carbocycles. The van der Waals surface area contributed by atoms with Crippen LogP contribution in [-0.4, -0.2) is 47.9 Å². The second kappa shape index (κ2) is 15.6. The fourth-order valence-electron chi connectivity index (χ4n) is 5.73. The topological polar surface area (TPSA) is 132 Å². The van der Waals surface area contributed by atoms with Gasteiger partial charge in [-0.25, -0.2) is 14.8 Å². The zero-order valence-corrected chi connectivity index (χ0v) is 29.8. The number of aromatic nitrogens is 2. The minimum atomic E-state index is -0.671. The first-order valence-corrected chi connectivity index (χ1v) is 16.3. The highest BCUT2D eigenvalue weighted by atomic mass is 16.6. The molecule has 0 spiro atoms. The Labute approximate surface area is 297 Å². The molecule has 0 radical (unpaired) electrons. The van der Waals surface area contributed by atoms with E-state index in [1.807, 2.05) is 84.6 Å². The Balaban J connectivity index is 1.54. The quantitative estimate of drug-likeness (QED) is 0.100. The number of nitrogens with zero attached hydrogens (tertiary/aromatic N) is 5. The predicted molar refractivity (Wildman–Crippen MR) is 199 cm³/mol. The number of carbonyl (C=O) groups excluding carboxylic acids is 1. The third kappa shape index (κ3) is 8.53. The number of hydrogen-bond donors (Lipinski definition) is 1. The lowest BCUT2D eigenvalue weighted by Crippen LogP contribution is -2.34. The maximum Gasteiger partial charge on any atom is 0.414 e. The van der Waals surface area contributed by atoms with E-state index < -0.39 is 16.6 Å². The van der Waals surface area contributed by atoms with Gasteiger partial charge in [-0.1, -0.05) is 66.7 Å². The number of benzene rings is 4. The van der Waals surface area contributed by atoms with Crippen LogP contribution in [0.15, 0.2) is 97.3 Å². The molecule has 0 aliphatic rings. The highest BCUT2D eigenvalue weighted by Gasteiger charge is 2.29. The van der Waals surface area contributed by atoms with Crippen LogP contribution >= 0.6 is 0 Å². The normalized spacial score (nSPS) is 11.0. The minimum Gasteiger partial charge on any atom is -0.496 e. The molecule has 0 unspecified atom stereocenters. The summed E-state index contributed by atoms with van der Waals surface area (Å²) < 4.78 is 17.1. The number of rotatable bonds is 12. The number of methoxy groups -OCH3 is 2. The molecule has 12 heteroatoms. The molecule has 0 bridgehead atoms. The first kappa shape index (κ1) is 36.1. The van der Waals surface area contributed by atoms with Crippen molar-refractivity contribution >= 4 is 34.8 Å². The number of amides is 1. The number of nitrogens with one attached hydrogen (secondary N) is 1. The Bertz CT molecular complexity index is 1960. The van der Waals surface area contributed by atoms with Gasteiger partial charge < -0.3 is 24.4 Å². The fraction of sp³-hybridized carbons (Fsp3) is 0.256. The molecule has 5 rings (SSSR count). The number of hydrogen-bond acceptors (Lipinski definition) is 10. The van der Waals surface area contributed by atoms with Crippen molar-refractivity contribution in [2.45, 2.75) is 46.4 Å². The third-order valence-electron chi connectivity index (χ3n) is 8.09. The van der Waals surface area contributed by atoms with Crippen LogP contribution in [0.3, 0.4) is 0 Å². The number of carbonyl (C=O) groups is 1. The Morgan fingerprint density at radius 3 is 2.04 bits per heavy atom. The number of anilines is 4. The molecule has 12 nitrogen and oxygen atoms in total. The molecule has 0 aliphatic heterocycles. The molecule has 1 N–H and O–H groups in total. The van der Waals surface area contributed by atoms with Crippen molar-refractivity contribution in [1.82, 2.24) is 9.97 Å². The molecule has 1 amide bonds. The first-order chi connectivity index (χ1) is 24.4. The van der Waals surface area contributed by atoms with Crippen LogP contribution in [0.5, 0.6) is 11.5 Å². The summed E-state index contributed by atoms with van der Waals surface area (Å²) in [6.45, 7) is 8.08. The van der Waals surface area contributed by atoms with Gasteiger partial charge in [-0.3, -0.25) is 15.0 Å². The summed E-state index contributed by atoms with van der Waals surface area (Å²) in [6, 6.07) is 28.5. The van der Waals surface area contributed by atoms with Crippen LogP contribution in [0.4, 0.5) is 33.5 Å². The maximum absolute atomic E-state index is 12.9. The molecule has 4 aromatic carbocycles. The van der Waals surface area contributed by atoms with E-state index in [9.17, 15) is 14.9 Å². The monoisotopic (exact) mass is 690 g/mol. The van der Waals surface area contributed by atoms with Crippen molar-refractivity contribution in [2.24, 2.45) is 0 Å². The van der Waals surface area contributed by atoms with Crippen molar-refractivity contribution < 1.29 is 23.9 Å². The van der Waals surface area contributed by atoms with Gasteiger partial charge in [0.25, 0.3) is 0 Å². The highest BCUT2D eigenvalue weighted by Crippen LogP contribution is 2.43. The summed E-state index contributed by atoms with van der Waals surface area (Å²) in [5, 5.41) is 15.9. The maximum atomic E-state index is 12.9. The molecule has 1 aromatic heterocycles. The predicted octanol–water partition coefficient (Wildman–Crippen LogP) is 8.70. The third-order valence-corrected chi connectivity index (χ3v) is 8.09. The van der Waals surface area contributed by atoms with Gasteiger partial charge in [-0.05, 0) is 68.7 Å². The van der Waals surface area contributed by atoms with Crippen molar-refractivity contribution in [1.29, 1.82) is 0 Å². The molecule has 0 fully saturated rings. The van der Waals surface area contributed by atoms with E-state index in [-0.39, 0.29) is 17.3 Å². The van der Waals surface area contributed by atoms with E-state index in [4.69, 9.17) is 14.2 Å². The molecule has 1 heterocycles. The zero-order valence-electron chi connectivity index (χ0n) is 29.8. The molecule has 5 aromatic rings. The van der Waals surface area contributed by atoms with Gasteiger partial charge in [0.05, 0.1) is 24.8 Å². The van der Waals surface area contributed by atoms with Crippen LogP contribution in [0.1, 0.15) is 37.5 Å². The van der Waals surface area contributed by atoms with Crippen LogP contribution in [0.2, 0.25) is 0 Å². The van der Waals surface area contributed by atoms with E-state index in [0.717, 1.165) is 22.3 Å². The lowest BCUT2D eigenvalue weighted by atomic mass is 9.97. The fourth-order valence-corrected chi connectivity index (χ4v) is 5.73. The van der Waals surface area contributed by atoms with E-state index in [2.05, 4.69) is 15.3 Å². The Hall–Kier alpha value is -6.17. The standard InChI is InChI=1S/C39H42N6O6/c1-26-30(19-20-32(35(26)50-7)43(5)38(46)51-39(2,3)4)31-22-29(18-21-33(31)49-6)42-36-34(45(47)48)37(41-25-40-36)44(23-27-14-10-8-11-15-27)24-28-16-12-9-13-17-28/h8-22,25H,23-24H2,1-7H3,(H,40,41,42). The van der Waals surface area contributed by atoms with E-state index in [1.165, 1.54) is 11.2 Å². The lowest BCUT2D eigenvalue weighted by Gasteiger charge is -2.27. The summed E-state index contributed by atoms with van der Waals surface area (Å²) in [7, 11) is 4.73. The van der Waals surface area contributed by atoms with Gasteiger partial charge in [0.1, 0.15) is 23.4 Å². The Morgan fingerprint density at radius 2 is 1.49 bits per heavy atom. The molecule has 0 atom stereocenters. The number of ether oxygens (including phenoxy) is 3. The lowest BCUT2D eigenvalue weighted by molar-refractivity contribution is -0.383. The molecule has 0 saturated heterocycles. The van der Waals surface area contributed by atoms with Crippen LogP contribution in [-0.2, 0) is 17.8 Å². The van der Waals surface area contributed by atoms with Crippen LogP contribution < -0.4 is 24.6 Å². The summed E-state index contributed by atoms with van der Waals surface area (Å²) in [5.74, 6) is 1.27. The summed E-state index contributed by atoms with van der Waals surface area (Å²) in [4.78, 5) is 37.2. The zero-order chi connectivity index (χ0) is 36.7. The molecule has 0 aliphatic carbocycles. The molecular formula is C39H42N6O6. The van der Waals surface area contributed by atoms with E-state index in [1.54, 1.807) is 60.2 Å². The Kier molecular flexibility index (Phi) is 11.0. The minimum absolute atomic E-state index is 0.0378. The van der Waals surface area contributed by atoms with Gasteiger partial charge in [0.2, 0.25) is 11.6 Å². The smallest absolute Gasteiger partial charge is 0.414 e. The average molecular weight is 691 g/mol. The van der Waals surface area contributed by atoms with Gasteiger partial charge in [-0.15, -0.1) is 0 Å². The molecule has 51 heavy (non-hydrogen) atoms. The van der Waals surface area contributed by atoms with Crippen LogP contribution in [0.25, 0.3) is 11.1 Å². The molecular weight excluding hydrogens is 648 g/mol. The van der Waals surface area contributed by atoms with E-state index in [0.29, 0.717) is 41.5 Å².